The number of ether oxygens (including phenoxy) is 1. The van der Waals surface area contributed by atoms with Crippen LogP contribution in [0.4, 0.5) is 0 Å². The Kier molecular flexibility index (Phi) is 3.12. The van der Waals surface area contributed by atoms with Crippen molar-refractivity contribution in [2.24, 2.45) is 0 Å². The number of hydrogen-bond donors (Lipinski definition) is 0. The normalized spacial score (nSPS) is 13.7. The number of hydrogen-bond acceptors (Lipinski definition) is 4. The molecule has 1 aromatic rings. The highest BCUT2D eigenvalue weighted by molar-refractivity contribution is 5.74. The number of nitrogens with zero attached hydrogens (tertiary/aromatic N) is 3. The molecule has 15 heavy (non-hydrogen) atoms. The lowest BCUT2D eigenvalue weighted by Gasteiger charge is -2.22. The van der Waals surface area contributed by atoms with Gasteiger partial charge in [-0.25, -0.2) is 14.5 Å². The first kappa shape index (κ1) is 11.7. The van der Waals surface area contributed by atoms with Gasteiger partial charge in [0, 0.05) is 0 Å². The molecule has 0 saturated heterocycles. The second-order valence-corrected chi connectivity index (χ2v) is 4.48. The monoisotopic (exact) mass is 211 g/mol. The van der Waals surface area contributed by atoms with E-state index in [1.54, 1.807) is 13.8 Å². The third kappa shape index (κ3) is 3.34. The Bertz CT molecular complexity index is 352. The lowest BCUT2D eigenvalue weighted by Crippen LogP contribution is -2.29. The minimum absolute atomic E-state index is 0.299. The average molecular weight is 211 g/mol. The summed E-state index contributed by atoms with van der Waals surface area (Å²) in [6.45, 7) is 9.03. The summed E-state index contributed by atoms with van der Waals surface area (Å²) in [7, 11) is 0. The van der Waals surface area contributed by atoms with Crippen LogP contribution in [0.25, 0.3) is 0 Å². The lowest BCUT2D eigenvalue weighted by atomic mass is 10.2. The van der Waals surface area contributed by atoms with E-state index in [2.05, 4.69) is 10.1 Å². The summed E-state index contributed by atoms with van der Waals surface area (Å²) in [5, 5.41) is 4.07. The van der Waals surface area contributed by atoms with Gasteiger partial charge in [0.15, 0.2) is 0 Å². The molecule has 0 aliphatic carbocycles. The topological polar surface area (TPSA) is 57.0 Å². The van der Waals surface area contributed by atoms with E-state index in [1.165, 1.54) is 11.0 Å². The lowest BCUT2D eigenvalue weighted by molar-refractivity contribution is -0.158. The highest BCUT2D eigenvalue weighted by atomic mass is 16.6. The van der Waals surface area contributed by atoms with Crippen LogP contribution in [-0.4, -0.2) is 26.3 Å². The predicted molar refractivity (Wildman–Crippen MR) is 55.3 cm³/mol. The summed E-state index contributed by atoms with van der Waals surface area (Å²) in [6.07, 6.45) is 1.53. The molecule has 0 bridgehead atoms. The fourth-order valence-corrected chi connectivity index (χ4v) is 1.04. The van der Waals surface area contributed by atoms with E-state index in [0.717, 1.165) is 0 Å². The van der Waals surface area contributed by atoms with Gasteiger partial charge in [0.1, 0.15) is 23.8 Å². The van der Waals surface area contributed by atoms with Crippen molar-refractivity contribution in [1.29, 1.82) is 0 Å². The fourth-order valence-electron chi connectivity index (χ4n) is 1.04. The van der Waals surface area contributed by atoms with Crippen molar-refractivity contribution >= 4 is 5.97 Å². The fraction of sp³-hybridized carbons (Fsp3) is 0.700. The molecule has 0 saturated carbocycles. The van der Waals surface area contributed by atoms with Gasteiger partial charge < -0.3 is 4.74 Å². The van der Waals surface area contributed by atoms with Crippen molar-refractivity contribution in [2.75, 3.05) is 0 Å². The van der Waals surface area contributed by atoms with Crippen LogP contribution in [0.3, 0.4) is 0 Å². The standard InChI is InChI=1S/C10H17N3O2/c1-7(9(14)15-10(3,4)5)13-6-11-8(2)12-13/h6-7H,1-5H3/t7-/m1/s1. The summed E-state index contributed by atoms with van der Waals surface area (Å²) in [5.41, 5.74) is -0.471. The van der Waals surface area contributed by atoms with Gasteiger partial charge in [-0.15, -0.1) is 0 Å². The van der Waals surface area contributed by atoms with Crippen LogP contribution >= 0.6 is 0 Å². The second-order valence-electron chi connectivity index (χ2n) is 4.48. The number of rotatable bonds is 2. The zero-order valence-electron chi connectivity index (χ0n) is 9.81. The molecule has 0 radical (unpaired) electrons. The first-order chi connectivity index (χ1) is 6.79. The smallest absolute Gasteiger partial charge is 0.331 e. The van der Waals surface area contributed by atoms with Crippen molar-refractivity contribution in [2.45, 2.75) is 46.3 Å². The number of carbonyl (C=O) groups excluding carboxylic acids is 1. The van der Waals surface area contributed by atoms with Crippen molar-refractivity contribution in [1.82, 2.24) is 14.8 Å². The van der Waals surface area contributed by atoms with Crippen LogP contribution in [0.5, 0.6) is 0 Å². The molecule has 0 amide bonds. The zero-order chi connectivity index (χ0) is 11.6. The van der Waals surface area contributed by atoms with Crippen LogP contribution < -0.4 is 0 Å². The van der Waals surface area contributed by atoms with E-state index in [0.29, 0.717) is 5.82 Å². The largest absolute Gasteiger partial charge is 0.458 e. The third-order valence-electron chi connectivity index (χ3n) is 1.77. The molecule has 0 fully saturated rings. The Labute approximate surface area is 89.5 Å². The van der Waals surface area contributed by atoms with E-state index < -0.39 is 11.6 Å². The van der Waals surface area contributed by atoms with Crippen molar-refractivity contribution in [3.8, 4) is 0 Å². The average Bonchev–Trinajstić information content (AvgIpc) is 2.47. The Morgan fingerprint density at radius 3 is 2.53 bits per heavy atom. The zero-order valence-corrected chi connectivity index (χ0v) is 9.81. The highest BCUT2D eigenvalue weighted by Gasteiger charge is 2.23. The van der Waals surface area contributed by atoms with Gasteiger partial charge in [0.25, 0.3) is 0 Å². The minimum Gasteiger partial charge on any atom is -0.458 e. The minimum atomic E-state index is -0.471. The van der Waals surface area contributed by atoms with E-state index >= 15 is 0 Å². The third-order valence-corrected chi connectivity index (χ3v) is 1.77. The number of carbonyl (C=O) groups is 1. The molecule has 1 rings (SSSR count). The molecule has 0 unspecified atom stereocenters. The van der Waals surface area contributed by atoms with Crippen molar-refractivity contribution < 1.29 is 9.53 Å². The second kappa shape index (κ2) is 4.00. The summed E-state index contributed by atoms with van der Waals surface area (Å²) in [6, 6.07) is -0.439. The van der Waals surface area contributed by atoms with E-state index in [-0.39, 0.29) is 5.97 Å². The summed E-state index contributed by atoms with van der Waals surface area (Å²) in [5.74, 6) is 0.345. The SMILES string of the molecule is Cc1ncn([C@H](C)C(=O)OC(C)(C)C)n1. The Hall–Kier alpha value is -1.39. The first-order valence-corrected chi connectivity index (χ1v) is 4.90. The summed E-state index contributed by atoms with van der Waals surface area (Å²) >= 11 is 0. The van der Waals surface area contributed by atoms with Crippen molar-refractivity contribution in [3.63, 3.8) is 0 Å². The molecule has 0 aliphatic heterocycles. The molecule has 1 heterocycles. The van der Waals surface area contributed by atoms with Gasteiger partial charge in [-0.1, -0.05) is 0 Å². The molecular formula is C10H17N3O2. The van der Waals surface area contributed by atoms with Crippen LogP contribution in [0.2, 0.25) is 0 Å². The maximum absolute atomic E-state index is 11.7. The molecular weight excluding hydrogens is 194 g/mol. The quantitative estimate of drug-likeness (QED) is 0.695. The predicted octanol–water partition coefficient (Wildman–Crippen LogP) is 1.49. The molecule has 1 atom stereocenters. The van der Waals surface area contributed by atoms with E-state index in [9.17, 15) is 4.79 Å². The van der Waals surface area contributed by atoms with Crippen LogP contribution in [0, 0.1) is 6.92 Å². The Morgan fingerprint density at radius 2 is 2.13 bits per heavy atom. The van der Waals surface area contributed by atoms with Gasteiger partial charge >= 0.3 is 5.97 Å². The molecule has 0 aliphatic rings. The molecule has 1 aromatic heterocycles. The number of esters is 1. The van der Waals surface area contributed by atoms with Gasteiger partial charge in [-0.3, -0.25) is 0 Å². The molecule has 0 N–H and O–H groups in total. The molecule has 0 aromatic carbocycles. The molecule has 5 heteroatoms. The molecule has 84 valence electrons. The summed E-state index contributed by atoms with van der Waals surface area (Å²) < 4.78 is 6.74. The molecule has 0 spiro atoms. The maximum Gasteiger partial charge on any atom is 0.331 e. The first-order valence-electron chi connectivity index (χ1n) is 4.90. The van der Waals surface area contributed by atoms with Gasteiger partial charge in [-0.2, -0.15) is 5.10 Å². The van der Waals surface area contributed by atoms with Gasteiger partial charge in [-0.05, 0) is 34.6 Å². The van der Waals surface area contributed by atoms with Crippen LogP contribution in [-0.2, 0) is 9.53 Å². The van der Waals surface area contributed by atoms with Gasteiger partial charge in [0.05, 0.1) is 0 Å². The Morgan fingerprint density at radius 1 is 1.53 bits per heavy atom. The van der Waals surface area contributed by atoms with Gasteiger partial charge in [0.2, 0.25) is 0 Å². The Balaban J connectivity index is 2.69. The highest BCUT2D eigenvalue weighted by Crippen LogP contribution is 2.13. The van der Waals surface area contributed by atoms with Crippen LogP contribution in [0.15, 0.2) is 6.33 Å². The van der Waals surface area contributed by atoms with Crippen molar-refractivity contribution in [3.05, 3.63) is 12.2 Å². The number of aryl methyl sites for hydroxylation is 1. The van der Waals surface area contributed by atoms with Crippen LogP contribution in [0.1, 0.15) is 39.6 Å². The van der Waals surface area contributed by atoms with E-state index in [4.69, 9.17) is 4.74 Å². The number of aromatic nitrogens is 3. The van der Waals surface area contributed by atoms with E-state index in [1.807, 2.05) is 20.8 Å². The molecule has 5 nitrogen and oxygen atoms in total. The summed E-state index contributed by atoms with van der Waals surface area (Å²) in [4.78, 5) is 15.6. The maximum atomic E-state index is 11.7.